The average Bonchev–Trinajstić information content (AvgIpc) is 2.26. The molecule has 0 spiro atoms. The molecule has 0 bridgehead atoms. The summed E-state index contributed by atoms with van der Waals surface area (Å²) in [6.45, 7) is 5.01. The quantitative estimate of drug-likeness (QED) is 0.506. The third kappa shape index (κ3) is 4.89. The van der Waals surface area contributed by atoms with Gasteiger partial charge in [-0.2, -0.15) is 0 Å². The lowest BCUT2D eigenvalue weighted by Crippen LogP contribution is -2.03. The van der Waals surface area contributed by atoms with Crippen molar-refractivity contribution in [3.63, 3.8) is 0 Å². The van der Waals surface area contributed by atoms with Gasteiger partial charge in [-0.1, -0.05) is 38.0 Å². The van der Waals surface area contributed by atoms with Crippen molar-refractivity contribution in [1.82, 2.24) is 0 Å². The number of alkyl halides is 1. The van der Waals surface area contributed by atoms with E-state index in [0.717, 1.165) is 25.2 Å². The van der Waals surface area contributed by atoms with Gasteiger partial charge in [-0.15, -0.1) is 11.6 Å². The van der Waals surface area contributed by atoms with Crippen LogP contribution in [0.3, 0.4) is 0 Å². The van der Waals surface area contributed by atoms with E-state index in [4.69, 9.17) is 16.3 Å². The minimum atomic E-state index is 0.153. The SMILES string of the molecule is CCCCCOc1ccccc1CC(C)Cl. The van der Waals surface area contributed by atoms with Crippen molar-refractivity contribution in [2.24, 2.45) is 0 Å². The number of para-hydroxylation sites is 1. The van der Waals surface area contributed by atoms with Crippen molar-refractivity contribution < 1.29 is 4.74 Å². The van der Waals surface area contributed by atoms with Crippen LogP contribution in [0, 0.1) is 0 Å². The van der Waals surface area contributed by atoms with Crippen LogP contribution >= 0.6 is 11.6 Å². The Balaban J connectivity index is 2.50. The summed E-state index contributed by atoms with van der Waals surface area (Å²) in [6.07, 6.45) is 4.45. The topological polar surface area (TPSA) is 9.23 Å². The number of halogens is 1. The molecule has 0 aromatic heterocycles. The monoisotopic (exact) mass is 240 g/mol. The number of unbranched alkanes of at least 4 members (excludes halogenated alkanes) is 2. The first kappa shape index (κ1) is 13.4. The van der Waals surface area contributed by atoms with Gasteiger partial charge in [-0.3, -0.25) is 0 Å². The van der Waals surface area contributed by atoms with Crippen LogP contribution in [0.2, 0.25) is 0 Å². The number of hydrogen-bond acceptors (Lipinski definition) is 1. The Morgan fingerprint density at radius 3 is 2.69 bits per heavy atom. The maximum absolute atomic E-state index is 6.01. The van der Waals surface area contributed by atoms with Crippen LogP contribution in [-0.2, 0) is 6.42 Å². The van der Waals surface area contributed by atoms with Gasteiger partial charge in [-0.25, -0.2) is 0 Å². The van der Waals surface area contributed by atoms with Crippen molar-refractivity contribution in [2.75, 3.05) is 6.61 Å². The average molecular weight is 241 g/mol. The van der Waals surface area contributed by atoms with Gasteiger partial charge in [0, 0.05) is 5.38 Å². The highest BCUT2D eigenvalue weighted by Crippen LogP contribution is 2.21. The summed E-state index contributed by atoms with van der Waals surface area (Å²) in [6, 6.07) is 8.17. The third-order valence-electron chi connectivity index (χ3n) is 2.48. The lowest BCUT2D eigenvalue weighted by atomic mass is 10.1. The molecule has 0 N–H and O–H groups in total. The number of benzene rings is 1. The molecule has 0 aliphatic carbocycles. The van der Waals surface area contributed by atoms with E-state index in [9.17, 15) is 0 Å². The van der Waals surface area contributed by atoms with E-state index in [0.29, 0.717) is 0 Å². The Hall–Kier alpha value is -0.690. The van der Waals surface area contributed by atoms with E-state index in [1.165, 1.54) is 18.4 Å². The zero-order valence-electron chi connectivity index (χ0n) is 10.2. The highest BCUT2D eigenvalue weighted by molar-refractivity contribution is 6.20. The summed E-state index contributed by atoms with van der Waals surface area (Å²) in [5.74, 6) is 0.992. The second-order valence-electron chi connectivity index (χ2n) is 4.15. The van der Waals surface area contributed by atoms with Gasteiger partial charge in [0.25, 0.3) is 0 Å². The van der Waals surface area contributed by atoms with Crippen LogP contribution < -0.4 is 4.74 Å². The fraction of sp³-hybridized carbons (Fsp3) is 0.571. The lowest BCUT2D eigenvalue weighted by molar-refractivity contribution is 0.303. The van der Waals surface area contributed by atoms with E-state index >= 15 is 0 Å². The minimum absolute atomic E-state index is 0.153. The maximum atomic E-state index is 6.01. The molecule has 0 saturated carbocycles. The molecular weight excluding hydrogens is 220 g/mol. The summed E-state index contributed by atoms with van der Waals surface area (Å²) in [7, 11) is 0. The number of hydrogen-bond donors (Lipinski definition) is 0. The molecule has 1 aromatic rings. The molecular formula is C14H21ClO. The predicted octanol–water partition coefficient (Wildman–Crippen LogP) is 4.43. The van der Waals surface area contributed by atoms with Crippen LogP contribution in [0.15, 0.2) is 24.3 Å². The molecule has 1 atom stereocenters. The zero-order chi connectivity index (χ0) is 11.8. The molecule has 1 unspecified atom stereocenters. The van der Waals surface area contributed by atoms with E-state index in [1.807, 2.05) is 25.1 Å². The molecule has 0 radical (unpaired) electrons. The summed E-state index contributed by atoms with van der Waals surface area (Å²) >= 11 is 6.01. The molecule has 0 amide bonds. The summed E-state index contributed by atoms with van der Waals surface area (Å²) in [5.41, 5.74) is 1.21. The van der Waals surface area contributed by atoms with Crippen LogP contribution in [0.5, 0.6) is 5.75 Å². The Bertz CT molecular complexity index is 297. The van der Waals surface area contributed by atoms with Gasteiger partial charge in [0.1, 0.15) is 5.75 Å². The fourth-order valence-corrected chi connectivity index (χ4v) is 1.82. The largest absolute Gasteiger partial charge is 0.493 e. The van der Waals surface area contributed by atoms with Crippen LogP contribution in [0.25, 0.3) is 0 Å². The third-order valence-corrected chi connectivity index (χ3v) is 2.63. The minimum Gasteiger partial charge on any atom is -0.493 e. The Morgan fingerprint density at radius 1 is 1.25 bits per heavy atom. The smallest absolute Gasteiger partial charge is 0.122 e. The second kappa shape index (κ2) is 7.56. The van der Waals surface area contributed by atoms with Gasteiger partial charge in [0.15, 0.2) is 0 Å². The molecule has 1 aromatic carbocycles. The van der Waals surface area contributed by atoms with Crippen LogP contribution in [0.4, 0.5) is 0 Å². The molecule has 0 aliphatic rings. The highest BCUT2D eigenvalue weighted by Gasteiger charge is 2.05. The normalized spacial score (nSPS) is 12.4. The van der Waals surface area contributed by atoms with Gasteiger partial charge in [0.05, 0.1) is 6.61 Å². The van der Waals surface area contributed by atoms with Crippen molar-refractivity contribution in [3.05, 3.63) is 29.8 Å². The molecule has 0 saturated heterocycles. The fourth-order valence-electron chi connectivity index (χ4n) is 1.65. The Morgan fingerprint density at radius 2 is 2.00 bits per heavy atom. The van der Waals surface area contributed by atoms with Gasteiger partial charge < -0.3 is 4.74 Å². The Kier molecular flexibility index (Phi) is 6.32. The Labute approximate surface area is 104 Å². The molecule has 16 heavy (non-hydrogen) atoms. The molecule has 1 nitrogen and oxygen atoms in total. The van der Waals surface area contributed by atoms with Crippen molar-refractivity contribution in [2.45, 2.75) is 44.9 Å². The van der Waals surface area contributed by atoms with Gasteiger partial charge in [-0.05, 0) is 31.4 Å². The molecule has 90 valence electrons. The van der Waals surface area contributed by atoms with Crippen LogP contribution in [-0.4, -0.2) is 12.0 Å². The standard InChI is InChI=1S/C14H21ClO/c1-3-4-7-10-16-14-9-6-5-8-13(14)11-12(2)15/h5-6,8-9,12H,3-4,7,10-11H2,1-2H3. The predicted molar refractivity (Wildman–Crippen MR) is 70.5 cm³/mol. The maximum Gasteiger partial charge on any atom is 0.122 e. The van der Waals surface area contributed by atoms with E-state index in [2.05, 4.69) is 13.0 Å². The zero-order valence-corrected chi connectivity index (χ0v) is 11.0. The van der Waals surface area contributed by atoms with E-state index in [-0.39, 0.29) is 5.38 Å². The molecule has 1 rings (SSSR count). The van der Waals surface area contributed by atoms with Crippen molar-refractivity contribution in [1.29, 1.82) is 0 Å². The van der Waals surface area contributed by atoms with Crippen molar-refractivity contribution in [3.8, 4) is 5.75 Å². The number of rotatable bonds is 7. The summed E-state index contributed by atoms with van der Waals surface area (Å²) < 4.78 is 5.78. The molecule has 0 fully saturated rings. The van der Waals surface area contributed by atoms with E-state index < -0.39 is 0 Å². The van der Waals surface area contributed by atoms with Gasteiger partial charge >= 0.3 is 0 Å². The highest BCUT2D eigenvalue weighted by atomic mass is 35.5. The van der Waals surface area contributed by atoms with Gasteiger partial charge in [0.2, 0.25) is 0 Å². The molecule has 0 aliphatic heterocycles. The summed E-state index contributed by atoms with van der Waals surface area (Å²) in [5, 5.41) is 0.153. The van der Waals surface area contributed by atoms with Crippen molar-refractivity contribution >= 4 is 11.6 Å². The molecule has 0 heterocycles. The summed E-state index contributed by atoms with van der Waals surface area (Å²) in [4.78, 5) is 0. The molecule has 2 heteroatoms. The first-order valence-corrected chi connectivity index (χ1v) is 6.52. The lowest BCUT2D eigenvalue weighted by Gasteiger charge is -2.12. The van der Waals surface area contributed by atoms with Crippen LogP contribution in [0.1, 0.15) is 38.7 Å². The first-order chi connectivity index (χ1) is 7.74. The first-order valence-electron chi connectivity index (χ1n) is 6.08. The van der Waals surface area contributed by atoms with E-state index in [1.54, 1.807) is 0 Å². The number of ether oxygens (including phenoxy) is 1. The second-order valence-corrected chi connectivity index (χ2v) is 4.89.